The Morgan fingerprint density at radius 1 is 1.32 bits per heavy atom. The number of pyridine rings is 1. The summed E-state index contributed by atoms with van der Waals surface area (Å²) in [4.78, 5) is 28.9. The first-order valence-electron chi connectivity index (χ1n) is 10.2. The summed E-state index contributed by atoms with van der Waals surface area (Å²) in [5.41, 5.74) is 1.23. The Morgan fingerprint density at radius 3 is 2.87 bits per heavy atom. The predicted molar refractivity (Wildman–Crippen MR) is 109 cm³/mol. The van der Waals surface area contributed by atoms with Gasteiger partial charge >= 0.3 is 6.09 Å². The summed E-state index contributed by atoms with van der Waals surface area (Å²) in [7, 11) is 0. The number of carbonyl (C=O) groups excluding carboxylic acids is 1. The third-order valence-electron chi connectivity index (χ3n) is 5.34. The molecule has 4 rings (SSSR count). The van der Waals surface area contributed by atoms with Crippen molar-refractivity contribution in [2.75, 3.05) is 37.7 Å². The van der Waals surface area contributed by atoms with Gasteiger partial charge in [-0.15, -0.1) is 0 Å². The van der Waals surface area contributed by atoms with Crippen LogP contribution in [0.15, 0.2) is 30.9 Å². The summed E-state index contributed by atoms with van der Waals surface area (Å²) in [6.45, 7) is 5.06. The second-order valence-electron chi connectivity index (χ2n) is 7.51. The van der Waals surface area contributed by atoms with Gasteiger partial charge in [-0.25, -0.2) is 14.8 Å². The Kier molecular flexibility index (Phi) is 6.43. The number of amides is 1. The van der Waals surface area contributed by atoms with Crippen molar-refractivity contribution in [2.24, 2.45) is 0 Å². The average Bonchev–Trinajstić information content (AvgIpc) is 3.31. The quantitative estimate of drug-likeness (QED) is 0.708. The van der Waals surface area contributed by atoms with Gasteiger partial charge in [-0.3, -0.25) is 4.98 Å². The fourth-order valence-electron chi connectivity index (χ4n) is 3.59. The smallest absolute Gasteiger partial charge is 0.410 e. The van der Waals surface area contributed by atoms with E-state index in [-0.39, 0.29) is 24.8 Å². The zero-order valence-corrected chi connectivity index (χ0v) is 17.3. The van der Waals surface area contributed by atoms with E-state index in [1.54, 1.807) is 29.6 Å². The molecule has 0 unspecified atom stereocenters. The Labute approximate surface area is 180 Å². The fraction of sp³-hybridized carbons (Fsp3) is 0.476. The molecule has 2 atom stereocenters. The minimum Gasteiger partial charge on any atom is -0.486 e. The molecule has 2 fully saturated rings. The van der Waals surface area contributed by atoms with Crippen molar-refractivity contribution >= 4 is 12.0 Å². The lowest BCUT2D eigenvalue weighted by Crippen LogP contribution is -2.54. The van der Waals surface area contributed by atoms with Crippen LogP contribution in [0.4, 0.5) is 10.7 Å². The standard InChI is InChI=1S/C21H24N6O4/c1-15-12-26(21(28)31-18-3-7-29-14-18)5-6-27(15)20-24-10-19(11-25-20)30-13-16-2-4-23-9-17(16)8-22/h2,4,9-11,15,18H,3,5-7,12-14H2,1H3/t15-,18-/m1/s1. The maximum atomic E-state index is 12.4. The van der Waals surface area contributed by atoms with Gasteiger partial charge in [0.2, 0.25) is 5.95 Å². The lowest BCUT2D eigenvalue weighted by atomic mass is 10.2. The van der Waals surface area contributed by atoms with Crippen LogP contribution in [-0.2, 0) is 16.1 Å². The fourth-order valence-corrected chi connectivity index (χ4v) is 3.59. The molecule has 4 heterocycles. The van der Waals surface area contributed by atoms with E-state index in [4.69, 9.17) is 19.5 Å². The van der Waals surface area contributed by atoms with Gasteiger partial charge in [0.15, 0.2) is 5.75 Å². The van der Waals surface area contributed by atoms with Crippen LogP contribution in [0.2, 0.25) is 0 Å². The summed E-state index contributed by atoms with van der Waals surface area (Å²) >= 11 is 0. The third kappa shape index (κ3) is 5.00. The van der Waals surface area contributed by atoms with Crippen molar-refractivity contribution in [3.63, 3.8) is 0 Å². The molecule has 1 amide bonds. The zero-order chi connectivity index (χ0) is 21.6. The zero-order valence-electron chi connectivity index (χ0n) is 17.3. The number of nitriles is 1. The van der Waals surface area contributed by atoms with Gasteiger partial charge in [-0.2, -0.15) is 5.26 Å². The first kappa shape index (κ1) is 20.8. The Hall–Kier alpha value is -3.45. The molecule has 10 nitrogen and oxygen atoms in total. The molecular weight excluding hydrogens is 400 g/mol. The van der Waals surface area contributed by atoms with E-state index in [9.17, 15) is 4.79 Å². The molecule has 10 heteroatoms. The average molecular weight is 424 g/mol. The number of carbonyl (C=O) groups is 1. The monoisotopic (exact) mass is 424 g/mol. The molecule has 2 aromatic rings. The summed E-state index contributed by atoms with van der Waals surface area (Å²) in [5.74, 6) is 1.09. The summed E-state index contributed by atoms with van der Waals surface area (Å²) < 4.78 is 16.5. The molecule has 0 bridgehead atoms. The molecule has 2 aromatic heterocycles. The molecule has 2 aliphatic heterocycles. The first-order chi connectivity index (χ1) is 15.1. The molecule has 0 N–H and O–H groups in total. The van der Waals surface area contributed by atoms with Gasteiger partial charge in [0.25, 0.3) is 0 Å². The highest BCUT2D eigenvalue weighted by Gasteiger charge is 2.31. The van der Waals surface area contributed by atoms with E-state index in [0.29, 0.717) is 50.1 Å². The van der Waals surface area contributed by atoms with Crippen LogP contribution in [-0.4, -0.2) is 70.9 Å². The van der Waals surface area contributed by atoms with Gasteiger partial charge in [-0.05, 0) is 13.0 Å². The highest BCUT2D eigenvalue weighted by molar-refractivity contribution is 5.68. The van der Waals surface area contributed by atoms with Crippen LogP contribution in [0.3, 0.4) is 0 Å². The van der Waals surface area contributed by atoms with E-state index in [0.717, 1.165) is 12.0 Å². The van der Waals surface area contributed by atoms with Crippen molar-refractivity contribution in [1.82, 2.24) is 19.9 Å². The Balaban J connectivity index is 1.31. The number of piperazine rings is 1. The van der Waals surface area contributed by atoms with E-state index in [1.165, 1.54) is 6.20 Å². The SMILES string of the molecule is C[C@@H]1CN(C(=O)O[C@@H]2CCOC2)CCN1c1ncc(OCc2ccncc2C#N)cn1. The number of ether oxygens (including phenoxy) is 3. The third-order valence-corrected chi connectivity index (χ3v) is 5.34. The number of aromatic nitrogens is 3. The largest absolute Gasteiger partial charge is 0.486 e. The Bertz CT molecular complexity index is 942. The summed E-state index contributed by atoms with van der Waals surface area (Å²) in [6.07, 6.45) is 6.68. The van der Waals surface area contributed by atoms with Crippen molar-refractivity contribution in [1.29, 1.82) is 5.26 Å². The molecule has 162 valence electrons. The van der Waals surface area contributed by atoms with Gasteiger partial charge in [0.1, 0.15) is 18.8 Å². The molecule has 0 aliphatic carbocycles. The molecular formula is C21H24N6O4. The molecule has 0 radical (unpaired) electrons. The van der Waals surface area contributed by atoms with Crippen LogP contribution in [0.1, 0.15) is 24.5 Å². The Morgan fingerprint density at radius 2 is 2.16 bits per heavy atom. The lowest BCUT2D eigenvalue weighted by molar-refractivity contribution is 0.0507. The molecule has 2 aliphatic rings. The van der Waals surface area contributed by atoms with Crippen LogP contribution in [0, 0.1) is 11.3 Å². The predicted octanol–water partition coefficient (Wildman–Crippen LogP) is 1.76. The van der Waals surface area contributed by atoms with Crippen LogP contribution >= 0.6 is 0 Å². The van der Waals surface area contributed by atoms with Gasteiger partial charge < -0.3 is 24.0 Å². The van der Waals surface area contributed by atoms with Crippen molar-refractivity contribution in [3.8, 4) is 11.8 Å². The topological polar surface area (TPSA) is 114 Å². The van der Waals surface area contributed by atoms with Crippen LogP contribution < -0.4 is 9.64 Å². The van der Waals surface area contributed by atoms with Gasteiger partial charge in [0.05, 0.1) is 31.2 Å². The summed E-state index contributed by atoms with van der Waals surface area (Å²) in [5, 5.41) is 9.13. The second-order valence-corrected chi connectivity index (χ2v) is 7.51. The maximum Gasteiger partial charge on any atom is 0.410 e. The number of hydrogen-bond donors (Lipinski definition) is 0. The van der Waals surface area contributed by atoms with Crippen LogP contribution in [0.5, 0.6) is 5.75 Å². The first-order valence-corrected chi connectivity index (χ1v) is 10.2. The van der Waals surface area contributed by atoms with Gasteiger partial charge in [-0.1, -0.05) is 0 Å². The highest BCUT2D eigenvalue weighted by Crippen LogP contribution is 2.20. The minimum absolute atomic E-state index is 0.0444. The van der Waals surface area contributed by atoms with Gasteiger partial charge in [0, 0.05) is 50.1 Å². The molecule has 0 aromatic carbocycles. The molecule has 0 saturated carbocycles. The van der Waals surface area contributed by atoms with Crippen LogP contribution in [0.25, 0.3) is 0 Å². The second kappa shape index (κ2) is 9.57. The maximum absolute atomic E-state index is 12.4. The lowest BCUT2D eigenvalue weighted by Gasteiger charge is -2.39. The minimum atomic E-state index is -0.292. The molecule has 2 saturated heterocycles. The van der Waals surface area contributed by atoms with E-state index in [2.05, 4.69) is 25.9 Å². The number of nitrogens with zero attached hydrogens (tertiary/aromatic N) is 6. The van der Waals surface area contributed by atoms with E-state index >= 15 is 0 Å². The summed E-state index contributed by atoms with van der Waals surface area (Å²) in [6, 6.07) is 3.89. The van der Waals surface area contributed by atoms with Crippen molar-refractivity contribution in [3.05, 3.63) is 42.0 Å². The number of hydrogen-bond acceptors (Lipinski definition) is 9. The van der Waals surface area contributed by atoms with Crippen molar-refractivity contribution in [2.45, 2.75) is 32.1 Å². The molecule has 31 heavy (non-hydrogen) atoms. The van der Waals surface area contributed by atoms with Crippen molar-refractivity contribution < 1.29 is 19.0 Å². The normalized spacial score (nSPS) is 20.9. The number of rotatable bonds is 5. The molecule has 0 spiro atoms. The van der Waals surface area contributed by atoms with E-state index in [1.807, 2.05) is 6.92 Å². The number of anilines is 1. The highest BCUT2D eigenvalue weighted by atomic mass is 16.6. The van der Waals surface area contributed by atoms with E-state index < -0.39 is 0 Å².